The number of hydrogen-bond donors (Lipinski definition) is 2. The van der Waals surface area contributed by atoms with E-state index in [1.165, 1.54) is 25.1 Å². The third kappa shape index (κ3) is 2.55. The van der Waals surface area contributed by atoms with Gasteiger partial charge >= 0.3 is 7.12 Å². The van der Waals surface area contributed by atoms with Gasteiger partial charge in [-0.05, 0) is 24.5 Å². The molecule has 0 saturated carbocycles. The van der Waals surface area contributed by atoms with Gasteiger partial charge in [0.2, 0.25) is 0 Å². The fourth-order valence-corrected chi connectivity index (χ4v) is 1.21. The van der Waals surface area contributed by atoms with Gasteiger partial charge < -0.3 is 10.0 Å². The lowest BCUT2D eigenvalue weighted by Gasteiger charge is -2.02. The lowest BCUT2D eigenvalue weighted by molar-refractivity contribution is 0.101. The molecular formula is C8H8BClO3. The predicted molar refractivity (Wildman–Crippen MR) is 51.3 cm³/mol. The topological polar surface area (TPSA) is 57.5 Å². The van der Waals surface area contributed by atoms with Crippen LogP contribution in [0.15, 0.2) is 18.2 Å². The Bertz CT molecular complexity index is 338. The summed E-state index contributed by atoms with van der Waals surface area (Å²) < 4.78 is 0. The molecule has 0 aromatic heterocycles. The summed E-state index contributed by atoms with van der Waals surface area (Å²) in [6, 6.07) is 4.29. The summed E-state index contributed by atoms with van der Waals surface area (Å²) in [6.45, 7) is 1.39. The average molecular weight is 198 g/mol. The monoisotopic (exact) mass is 198 g/mol. The van der Waals surface area contributed by atoms with Gasteiger partial charge in [0.05, 0.1) is 0 Å². The number of Topliss-reactive ketones (excluding diaryl/α,β-unsaturated/α-hetero) is 1. The number of halogens is 1. The Hall–Kier alpha value is -0.835. The van der Waals surface area contributed by atoms with E-state index >= 15 is 0 Å². The fraction of sp³-hybridized carbons (Fsp3) is 0.125. The predicted octanol–water partition coefficient (Wildman–Crippen LogP) is 0.222. The van der Waals surface area contributed by atoms with E-state index in [1.54, 1.807) is 0 Å². The van der Waals surface area contributed by atoms with Crippen LogP contribution in [-0.4, -0.2) is 22.9 Å². The summed E-state index contributed by atoms with van der Waals surface area (Å²) >= 11 is 5.66. The van der Waals surface area contributed by atoms with Crippen molar-refractivity contribution in [2.45, 2.75) is 6.92 Å². The van der Waals surface area contributed by atoms with E-state index in [0.29, 0.717) is 10.6 Å². The minimum absolute atomic E-state index is 0.163. The van der Waals surface area contributed by atoms with Crippen LogP contribution >= 0.6 is 11.6 Å². The molecule has 0 spiro atoms. The molecule has 0 bridgehead atoms. The molecule has 5 heteroatoms. The van der Waals surface area contributed by atoms with E-state index in [2.05, 4.69) is 0 Å². The molecule has 0 aliphatic rings. The quantitative estimate of drug-likeness (QED) is 0.528. The minimum Gasteiger partial charge on any atom is -0.423 e. The van der Waals surface area contributed by atoms with E-state index < -0.39 is 7.12 Å². The van der Waals surface area contributed by atoms with Crippen molar-refractivity contribution in [3.05, 3.63) is 28.8 Å². The highest BCUT2D eigenvalue weighted by molar-refractivity contribution is 6.59. The van der Waals surface area contributed by atoms with Crippen LogP contribution in [0.1, 0.15) is 17.3 Å². The van der Waals surface area contributed by atoms with Crippen molar-refractivity contribution in [1.82, 2.24) is 0 Å². The van der Waals surface area contributed by atoms with Gasteiger partial charge in [0.1, 0.15) is 0 Å². The van der Waals surface area contributed by atoms with Crippen LogP contribution in [-0.2, 0) is 0 Å². The number of carbonyl (C=O) groups excluding carboxylic acids is 1. The molecule has 3 nitrogen and oxygen atoms in total. The Morgan fingerprint density at radius 2 is 2.00 bits per heavy atom. The molecule has 0 amide bonds. The van der Waals surface area contributed by atoms with Crippen LogP contribution in [0.5, 0.6) is 0 Å². The maximum atomic E-state index is 11.0. The molecule has 1 rings (SSSR count). The van der Waals surface area contributed by atoms with Gasteiger partial charge in [-0.15, -0.1) is 0 Å². The summed E-state index contributed by atoms with van der Waals surface area (Å²) in [7, 11) is -1.60. The molecule has 1 aromatic rings. The minimum atomic E-state index is -1.60. The van der Waals surface area contributed by atoms with E-state index in [0.717, 1.165) is 0 Å². The van der Waals surface area contributed by atoms with E-state index in [4.69, 9.17) is 21.6 Å². The molecule has 68 valence electrons. The van der Waals surface area contributed by atoms with Crippen molar-refractivity contribution < 1.29 is 14.8 Å². The Labute approximate surface area is 81.1 Å². The second-order valence-electron chi connectivity index (χ2n) is 2.70. The summed E-state index contributed by atoms with van der Waals surface area (Å²) in [5.41, 5.74) is 0.591. The lowest BCUT2D eigenvalue weighted by Crippen LogP contribution is -2.30. The van der Waals surface area contributed by atoms with Crippen molar-refractivity contribution in [3.8, 4) is 0 Å². The number of ketones is 1. The average Bonchev–Trinajstić information content (AvgIpc) is 2.03. The smallest absolute Gasteiger partial charge is 0.423 e. The van der Waals surface area contributed by atoms with E-state index in [-0.39, 0.29) is 11.2 Å². The Balaban J connectivity index is 3.19. The fourth-order valence-electron chi connectivity index (χ4n) is 0.965. The van der Waals surface area contributed by atoms with Gasteiger partial charge in [-0.3, -0.25) is 4.79 Å². The van der Waals surface area contributed by atoms with Gasteiger partial charge in [-0.25, -0.2) is 0 Å². The molecular weight excluding hydrogens is 190 g/mol. The first-order valence-electron chi connectivity index (χ1n) is 3.68. The highest BCUT2D eigenvalue weighted by Gasteiger charge is 2.13. The normalized spacial score (nSPS) is 9.85. The van der Waals surface area contributed by atoms with Crippen LogP contribution in [0.25, 0.3) is 0 Å². The van der Waals surface area contributed by atoms with Crippen molar-refractivity contribution in [3.63, 3.8) is 0 Å². The molecule has 1 aromatic carbocycles. The van der Waals surface area contributed by atoms with Gasteiger partial charge in [-0.2, -0.15) is 0 Å². The number of hydrogen-bond acceptors (Lipinski definition) is 3. The Morgan fingerprint density at radius 1 is 1.38 bits per heavy atom. The molecule has 0 unspecified atom stereocenters. The van der Waals surface area contributed by atoms with Crippen LogP contribution < -0.4 is 5.46 Å². The highest BCUT2D eigenvalue weighted by atomic mass is 35.5. The van der Waals surface area contributed by atoms with Crippen molar-refractivity contribution in [2.75, 3.05) is 0 Å². The first-order valence-corrected chi connectivity index (χ1v) is 4.06. The molecule has 0 heterocycles. The van der Waals surface area contributed by atoms with Crippen molar-refractivity contribution in [1.29, 1.82) is 0 Å². The first-order chi connectivity index (χ1) is 6.00. The molecule has 13 heavy (non-hydrogen) atoms. The molecule has 0 aliphatic carbocycles. The molecule has 0 fully saturated rings. The Kier molecular flexibility index (Phi) is 3.09. The largest absolute Gasteiger partial charge is 0.488 e. The zero-order valence-electron chi connectivity index (χ0n) is 6.99. The van der Waals surface area contributed by atoms with Crippen LogP contribution in [0.2, 0.25) is 5.02 Å². The third-order valence-electron chi connectivity index (χ3n) is 1.62. The summed E-state index contributed by atoms with van der Waals surface area (Å²) in [5, 5.41) is 18.0. The van der Waals surface area contributed by atoms with Crippen molar-refractivity contribution in [2.24, 2.45) is 0 Å². The molecule has 0 radical (unpaired) electrons. The molecule has 0 atom stereocenters. The molecule has 2 N–H and O–H groups in total. The number of benzene rings is 1. The SMILES string of the molecule is CC(=O)c1cc(Cl)cc(B(O)O)c1. The highest BCUT2D eigenvalue weighted by Crippen LogP contribution is 2.09. The van der Waals surface area contributed by atoms with E-state index in [9.17, 15) is 4.79 Å². The maximum absolute atomic E-state index is 11.0. The zero-order valence-corrected chi connectivity index (χ0v) is 7.75. The molecule has 0 aliphatic heterocycles. The van der Waals surface area contributed by atoms with Crippen LogP contribution in [0, 0.1) is 0 Å². The van der Waals surface area contributed by atoms with Crippen LogP contribution in [0.4, 0.5) is 0 Å². The van der Waals surface area contributed by atoms with Crippen LogP contribution in [0.3, 0.4) is 0 Å². The number of rotatable bonds is 2. The van der Waals surface area contributed by atoms with Gasteiger partial charge in [0, 0.05) is 10.6 Å². The summed E-state index contributed by atoms with van der Waals surface area (Å²) in [6.07, 6.45) is 0. The van der Waals surface area contributed by atoms with Gasteiger partial charge in [-0.1, -0.05) is 17.7 Å². The second-order valence-corrected chi connectivity index (χ2v) is 3.14. The molecule has 0 saturated heterocycles. The lowest BCUT2D eigenvalue weighted by atomic mass is 9.79. The maximum Gasteiger partial charge on any atom is 0.488 e. The summed E-state index contributed by atoms with van der Waals surface area (Å²) in [4.78, 5) is 11.0. The summed E-state index contributed by atoms with van der Waals surface area (Å²) in [5.74, 6) is -0.163. The van der Waals surface area contributed by atoms with E-state index in [1.807, 2.05) is 0 Å². The first kappa shape index (κ1) is 10.2. The Morgan fingerprint density at radius 3 is 2.46 bits per heavy atom. The van der Waals surface area contributed by atoms with Gasteiger partial charge in [0.15, 0.2) is 5.78 Å². The van der Waals surface area contributed by atoms with Gasteiger partial charge in [0.25, 0.3) is 0 Å². The zero-order chi connectivity index (χ0) is 10.0. The standard InChI is InChI=1S/C8H8BClO3/c1-5(11)6-2-7(9(12)13)4-8(10)3-6/h2-4,12-13H,1H3. The van der Waals surface area contributed by atoms with Crippen molar-refractivity contribution >= 4 is 30.0 Å². The number of carbonyl (C=O) groups is 1. The third-order valence-corrected chi connectivity index (χ3v) is 1.84. The second kappa shape index (κ2) is 3.92.